The van der Waals surface area contributed by atoms with E-state index in [4.69, 9.17) is 9.47 Å². The first kappa shape index (κ1) is 27.5. The third-order valence-corrected chi connectivity index (χ3v) is 5.88. The lowest BCUT2D eigenvalue weighted by Crippen LogP contribution is -2.43. The van der Waals surface area contributed by atoms with E-state index in [0.717, 1.165) is 35.1 Å². The maximum atomic E-state index is 12.5. The third kappa shape index (κ3) is 9.80. The molecule has 37 heavy (non-hydrogen) atoms. The molecule has 7 heteroatoms. The Labute approximate surface area is 218 Å². The summed E-state index contributed by atoms with van der Waals surface area (Å²) in [5, 5.41) is 5.52. The lowest BCUT2D eigenvalue weighted by atomic mass is 10.0. The number of benzene rings is 3. The van der Waals surface area contributed by atoms with Crippen LogP contribution in [-0.2, 0) is 32.1 Å². The summed E-state index contributed by atoms with van der Waals surface area (Å²) in [5.74, 6) is -0.676. The second-order valence-electron chi connectivity index (χ2n) is 8.71. The van der Waals surface area contributed by atoms with Crippen LogP contribution in [-0.4, -0.2) is 37.7 Å². The van der Waals surface area contributed by atoms with Gasteiger partial charge >= 0.3 is 12.1 Å². The fourth-order valence-electron chi connectivity index (χ4n) is 3.85. The largest absolute Gasteiger partial charge is 0.467 e. The Hall–Kier alpha value is -4.13. The molecule has 0 spiro atoms. The first-order valence-electron chi connectivity index (χ1n) is 12.5. The number of rotatable bonds is 13. The van der Waals surface area contributed by atoms with E-state index in [1.54, 1.807) is 0 Å². The van der Waals surface area contributed by atoms with Gasteiger partial charge in [-0.1, -0.05) is 91.3 Å². The molecule has 3 aromatic carbocycles. The molecule has 0 aromatic heterocycles. The molecule has 194 valence electrons. The molecule has 3 rings (SSSR count). The van der Waals surface area contributed by atoms with Crippen LogP contribution in [0.5, 0.6) is 0 Å². The van der Waals surface area contributed by atoms with Crippen LogP contribution in [0.1, 0.15) is 36.8 Å². The molecule has 0 saturated heterocycles. The molecule has 0 bridgehead atoms. The van der Waals surface area contributed by atoms with Gasteiger partial charge in [-0.15, -0.1) is 0 Å². The lowest BCUT2D eigenvalue weighted by Gasteiger charge is -2.17. The van der Waals surface area contributed by atoms with Gasteiger partial charge in [0, 0.05) is 19.4 Å². The maximum Gasteiger partial charge on any atom is 0.407 e. The van der Waals surface area contributed by atoms with E-state index in [0.29, 0.717) is 25.8 Å². The van der Waals surface area contributed by atoms with Crippen LogP contribution in [0.15, 0.2) is 84.9 Å². The first-order chi connectivity index (χ1) is 18.0. The van der Waals surface area contributed by atoms with Gasteiger partial charge in [0.2, 0.25) is 5.91 Å². The van der Waals surface area contributed by atoms with Crippen molar-refractivity contribution in [1.29, 1.82) is 0 Å². The molecule has 7 nitrogen and oxygen atoms in total. The van der Waals surface area contributed by atoms with Crippen molar-refractivity contribution in [2.45, 2.75) is 44.8 Å². The van der Waals surface area contributed by atoms with Crippen LogP contribution in [0.25, 0.3) is 11.1 Å². The minimum atomic E-state index is -0.749. The summed E-state index contributed by atoms with van der Waals surface area (Å²) in [7, 11) is 1.32. The number of unbranched alkanes of at least 4 members (excludes halogenated alkanes) is 2. The normalized spacial score (nSPS) is 11.3. The number of alkyl carbamates (subject to hydrolysis) is 1. The molecule has 0 aliphatic heterocycles. The summed E-state index contributed by atoms with van der Waals surface area (Å²) in [5.41, 5.74) is 4.06. The third-order valence-electron chi connectivity index (χ3n) is 5.88. The fourth-order valence-corrected chi connectivity index (χ4v) is 3.85. The summed E-state index contributed by atoms with van der Waals surface area (Å²) < 4.78 is 10.1. The summed E-state index contributed by atoms with van der Waals surface area (Å²) in [6, 6.07) is 26.7. The number of ether oxygens (including phenoxy) is 2. The zero-order valence-electron chi connectivity index (χ0n) is 21.2. The van der Waals surface area contributed by atoms with Crippen LogP contribution in [0.2, 0.25) is 0 Å². The minimum Gasteiger partial charge on any atom is -0.467 e. The molecule has 0 aliphatic rings. The van der Waals surface area contributed by atoms with Gasteiger partial charge in [0.05, 0.1) is 7.11 Å². The summed E-state index contributed by atoms with van der Waals surface area (Å²) in [4.78, 5) is 36.5. The molecule has 0 radical (unpaired) electrons. The van der Waals surface area contributed by atoms with E-state index < -0.39 is 18.1 Å². The molecule has 3 aromatic rings. The standard InChI is InChI=1S/C30H34N2O5/c1-36-29(34)27(21-23-16-18-26(19-17-23)25-13-7-3-8-14-25)32-28(33)15-9-4-10-20-31-30(35)37-22-24-11-5-2-6-12-24/h2-3,5-8,11-14,16-19,27H,4,9-10,15,20-22H2,1H3,(H,31,35)(H,32,33)/t27-/m1/s1. The van der Waals surface area contributed by atoms with Gasteiger partial charge in [-0.05, 0) is 35.1 Å². The second kappa shape index (κ2) is 15.1. The Morgan fingerprint density at radius 2 is 1.41 bits per heavy atom. The topological polar surface area (TPSA) is 93.7 Å². The van der Waals surface area contributed by atoms with Crippen molar-refractivity contribution < 1.29 is 23.9 Å². The Morgan fingerprint density at radius 1 is 0.757 bits per heavy atom. The minimum absolute atomic E-state index is 0.202. The van der Waals surface area contributed by atoms with Crippen molar-refractivity contribution in [2.24, 2.45) is 0 Å². The second-order valence-corrected chi connectivity index (χ2v) is 8.71. The Morgan fingerprint density at radius 3 is 2.08 bits per heavy atom. The number of nitrogens with one attached hydrogen (secondary N) is 2. The van der Waals surface area contributed by atoms with Crippen molar-refractivity contribution >= 4 is 18.0 Å². The first-order valence-corrected chi connectivity index (χ1v) is 12.5. The van der Waals surface area contributed by atoms with Gasteiger partial charge in [-0.3, -0.25) is 4.79 Å². The predicted octanol–water partition coefficient (Wildman–Crippen LogP) is 5.04. The molecule has 0 fully saturated rings. The van der Waals surface area contributed by atoms with Crippen LogP contribution < -0.4 is 10.6 Å². The van der Waals surface area contributed by atoms with Gasteiger partial charge in [0.1, 0.15) is 12.6 Å². The van der Waals surface area contributed by atoms with Crippen molar-refractivity contribution in [3.8, 4) is 11.1 Å². The highest BCUT2D eigenvalue weighted by Gasteiger charge is 2.21. The summed E-state index contributed by atoms with van der Waals surface area (Å²) in [6.07, 6.45) is 2.31. The Kier molecular flexibility index (Phi) is 11.2. The van der Waals surface area contributed by atoms with E-state index in [-0.39, 0.29) is 12.5 Å². The Bertz CT molecular complexity index is 1120. The zero-order valence-corrected chi connectivity index (χ0v) is 21.2. The number of methoxy groups -OCH3 is 1. The van der Waals surface area contributed by atoms with Crippen molar-refractivity contribution in [2.75, 3.05) is 13.7 Å². The highest BCUT2D eigenvalue weighted by Crippen LogP contribution is 2.20. The number of carbonyl (C=O) groups is 3. The van der Waals surface area contributed by atoms with Gasteiger partial charge in [-0.25, -0.2) is 9.59 Å². The molecule has 0 saturated carbocycles. The molecule has 0 heterocycles. The molecule has 1 atom stereocenters. The smallest absolute Gasteiger partial charge is 0.407 e. The number of amides is 2. The van der Waals surface area contributed by atoms with Crippen LogP contribution >= 0.6 is 0 Å². The summed E-state index contributed by atoms with van der Waals surface area (Å²) in [6.45, 7) is 0.699. The average Bonchev–Trinajstić information content (AvgIpc) is 2.94. The highest BCUT2D eigenvalue weighted by molar-refractivity contribution is 5.84. The number of esters is 1. The maximum absolute atomic E-state index is 12.5. The van der Waals surface area contributed by atoms with E-state index in [2.05, 4.69) is 10.6 Å². The van der Waals surface area contributed by atoms with E-state index in [1.165, 1.54) is 7.11 Å². The molecule has 0 unspecified atom stereocenters. The van der Waals surface area contributed by atoms with Crippen molar-refractivity contribution in [1.82, 2.24) is 10.6 Å². The van der Waals surface area contributed by atoms with Crippen LogP contribution in [0, 0.1) is 0 Å². The Balaban J connectivity index is 1.34. The SMILES string of the molecule is COC(=O)[C@@H](Cc1ccc(-c2ccccc2)cc1)NC(=O)CCCCCNC(=O)OCc1ccccc1. The molecular formula is C30H34N2O5. The van der Waals surface area contributed by atoms with Gasteiger partial charge in [0.15, 0.2) is 0 Å². The molecule has 2 N–H and O–H groups in total. The van der Waals surface area contributed by atoms with Gasteiger partial charge < -0.3 is 20.1 Å². The van der Waals surface area contributed by atoms with Crippen LogP contribution in [0.3, 0.4) is 0 Å². The van der Waals surface area contributed by atoms with Crippen molar-refractivity contribution in [3.05, 3.63) is 96.1 Å². The molecular weight excluding hydrogens is 468 g/mol. The predicted molar refractivity (Wildman–Crippen MR) is 143 cm³/mol. The summed E-state index contributed by atoms with van der Waals surface area (Å²) >= 11 is 0. The fraction of sp³-hybridized carbons (Fsp3) is 0.300. The van der Waals surface area contributed by atoms with Crippen molar-refractivity contribution in [3.63, 3.8) is 0 Å². The quantitative estimate of drug-likeness (QED) is 0.252. The van der Waals surface area contributed by atoms with Gasteiger partial charge in [-0.2, -0.15) is 0 Å². The monoisotopic (exact) mass is 502 g/mol. The van der Waals surface area contributed by atoms with E-state index in [1.807, 2.05) is 84.9 Å². The van der Waals surface area contributed by atoms with Crippen LogP contribution in [0.4, 0.5) is 4.79 Å². The highest BCUT2D eigenvalue weighted by atomic mass is 16.5. The van der Waals surface area contributed by atoms with E-state index in [9.17, 15) is 14.4 Å². The molecule has 0 aliphatic carbocycles. The molecule has 2 amide bonds. The average molecular weight is 503 g/mol. The van der Waals surface area contributed by atoms with E-state index >= 15 is 0 Å². The zero-order chi connectivity index (χ0) is 26.3. The number of carbonyl (C=O) groups excluding carboxylic acids is 3. The number of hydrogen-bond donors (Lipinski definition) is 2. The van der Waals surface area contributed by atoms with Gasteiger partial charge in [0.25, 0.3) is 0 Å². The number of hydrogen-bond acceptors (Lipinski definition) is 5. The lowest BCUT2D eigenvalue weighted by molar-refractivity contribution is -0.145.